The maximum Gasteiger partial charge on any atom is 0.149 e. The van der Waals surface area contributed by atoms with E-state index in [1.807, 2.05) is 0 Å². The molecule has 3 nitrogen and oxygen atoms in total. The summed E-state index contributed by atoms with van der Waals surface area (Å²) in [5, 5.41) is 3.20. The van der Waals surface area contributed by atoms with E-state index in [4.69, 9.17) is 4.74 Å². The minimum Gasteiger partial charge on any atom is -0.380 e. The van der Waals surface area contributed by atoms with E-state index in [1.165, 1.54) is 12.1 Å². The van der Waals surface area contributed by atoms with Gasteiger partial charge in [0.05, 0.1) is 6.61 Å². The normalized spacial score (nSPS) is 16.3. The van der Waals surface area contributed by atoms with Crippen LogP contribution in [0.25, 0.3) is 0 Å². The van der Waals surface area contributed by atoms with Crippen molar-refractivity contribution in [3.05, 3.63) is 29.3 Å². The fraction of sp³-hybridized carbons (Fsp3) is 0.625. The van der Waals surface area contributed by atoms with Crippen LogP contribution in [0.3, 0.4) is 0 Å². The van der Waals surface area contributed by atoms with E-state index in [1.54, 1.807) is 4.90 Å². The minimum absolute atomic E-state index is 0.0770. The fourth-order valence-electron chi connectivity index (χ4n) is 2.50. The van der Waals surface area contributed by atoms with Gasteiger partial charge in [0.15, 0.2) is 0 Å². The molecule has 0 atom stereocenters. The smallest absolute Gasteiger partial charge is 0.149 e. The highest BCUT2D eigenvalue weighted by atomic mass is 19.1. The van der Waals surface area contributed by atoms with E-state index in [0.717, 1.165) is 13.0 Å². The second-order valence-electron chi connectivity index (χ2n) is 5.89. The Bertz CT molecular complexity index is 435. The van der Waals surface area contributed by atoms with Crippen molar-refractivity contribution in [1.82, 2.24) is 5.32 Å². The number of benzene rings is 1. The number of hydrogen-bond donors (Lipinski definition) is 1. The number of nitrogens with one attached hydrogen (secondary N) is 1. The summed E-state index contributed by atoms with van der Waals surface area (Å²) < 4.78 is 33.9. The van der Waals surface area contributed by atoms with Crippen molar-refractivity contribution in [2.45, 2.75) is 26.8 Å². The van der Waals surface area contributed by atoms with Gasteiger partial charge in [-0.3, -0.25) is 0 Å². The number of anilines is 1. The van der Waals surface area contributed by atoms with Crippen molar-refractivity contribution < 1.29 is 13.5 Å². The number of hydrogen-bond acceptors (Lipinski definition) is 3. The number of ether oxygens (including phenoxy) is 1. The van der Waals surface area contributed by atoms with Crippen LogP contribution in [-0.2, 0) is 11.3 Å². The summed E-state index contributed by atoms with van der Waals surface area (Å²) in [5.74, 6) is -0.465. The predicted octanol–water partition coefficient (Wildman–Crippen LogP) is 2.94. The molecular weight excluding hydrogens is 274 g/mol. The largest absolute Gasteiger partial charge is 0.380 e. The Labute approximate surface area is 125 Å². The highest BCUT2D eigenvalue weighted by Gasteiger charge is 2.19. The summed E-state index contributed by atoms with van der Waals surface area (Å²) in [6, 6.07) is 2.86. The lowest BCUT2D eigenvalue weighted by molar-refractivity contribution is 0.152. The Balaban J connectivity index is 2.09. The minimum atomic E-state index is -0.488. The van der Waals surface area contributed by atoms with E-state index in [0.29, 0.717) is 44.3 Å². The highest BCUT2D eigenvalue weighted by molar-refractivity contribution is 5.50. The molecule has 2 rings (SSSR count). The second-order valence-corrected chi connectivity index (χ2v) is 5.89. The van der Waals surface area contributed by atoms with E-state index in [2.05, 4.69) is 19.2 Å². The zero-order chi connectivity index (χ0) is 15.2. The third kappa shape index (κ3) is 4.64. The van der Waals surface area contributed by atoms with E-state index >= 15 is 0 Å². The lowest BCUT2D eigenvalue weighted by atomic mass is 10.1. The van der Waals surface area contributed by atoms with Crippen molar-refractivity contribution in [3.8, 4) is 0 Å². The molecule has 0 aliphatic carbocycles. The number of rotatable bonds is 5. The van der Waals surface area contributed by atoms with E-state index in [9.17, 15) is 8.78 Å². The van der Waals surface area contributed by atoms with Crippen molar-refractivity contribution in [3.63, 3.8) is 0 Å². The lowest BCUT2D eigenvalue weighted by Gasteiger charge is -2.23. The summed E-state index contributed by atoms with van der Waals surface area (Å²) in [4.78, 5) is 1.74. The van der Waals surface area contributed by atoms with Crippen LogP contribution in [0.1, 0.15) is 25.8 Å². The van der Waals surface area contributed by atoms with E-state index < -0.39 is 11.6 Å². The first-order valence-electron chi connectivity index (χ1n) is 7.59. The molecule has 1 N–H and O–H groups in total. The average molecular weight is 298 g/mol. The zero-order valence-electron chi connectivity index (χ0n) is 12.8. The molecule has 0 aromatic heterocycles. The second kappa shape index (κ2) is 7.71. The SMILES string of the molecule is CC(C)CNCc1cc(F)c(N2CCCOCC2)c(F)c1. The Hall–Kier alpha value is -1.20. The summed E-state index contributed by atoms with van der Waals surface area (Å²) >= 11 is 0. The van der Waals surface area contributed by atoms with Gasteiger partial charge >= 0.3 is 0 Å². The first-order chi connectivity index (χ1) is 10.1. The van der Waals surface area contributed by atoms with Gasteiger partial charge in [-0.2, -0.15) is 0 Å². The first-order valence-corrected chi connectivity index (χ1v) is 7.59. The third-order valence-corrected chi connectivity index (χ3v) is 3.50. The molecule has 1 aromatic rings. The number of halogens is 2. The molecule has 21 heavy (non-hydrogen) atoms. The van der Waals surface area contributed by atoms with Gasteiger partial charge in [-0.1, -0.05) is 13.8 Å². The molecule has 1 aromatic carbocycles. The summed E-state index contributed by atoms with van der Waals surface area (Å²) in [7, 11) is 0. The molecule has 1 saturated heterocycles. The summed E-state index contributed by atoms with van der Waals surface area (Å²) in [6.07, 6.45) is 0.788. The highest BCUT2D eigenvalue weighted by Crippen LogP contribution is 2.26. The third-order valence-electron chi connectivity index (χ3n) is 3.50. The van der Waals surface area contributed by atoms with Gasteiger partial charge in [0.25, 0.3) is 0 Å². The van der Waals surface area contributed by atoms with Crippen LogP contribution in [-0.4, -0.2) is 32.8 Å². The molecule has 0 saturated carbocycles. The molecule has 5 heteroatoms. The zero-order valence-corrected chi connectivity index (χ0v) is 12.8. The van der Waals surface area contributed by atoms with Gasteiger partial charge in [-0.15, -0.1) is 0 Å². The maximum absolute atomic E-state index is 14.3. The van der Waals surface area contributed by atoms with Crippen LogP contribution in [0, 0.1) is 17.6 Å². The standard InChI is InChI=1S/C16H24F2N2O/c1-12(2)10-19-11-13-8-14(17)16(15(18)9-13)20-4-3-6-21-7-5-20/h8-9,12,19H,3-7,10-11H2,1-2H3. The summed E-state index contributed by atoms with van der Waals surface area (Å²) in [6.45, 7) is 7.81. The first kappa shape index (κ1) is 16.2. The Morgan fingerprint density at radius 1 is 1.19 bits per heavy atom. The molecule has 1 heterocycles. The predicted molar refractivity (Wildman–Crippen MR) is 80.6 cm³/mol. The average Bonchev–Trinajstić information content (AvgIpc) is 2.66. The van der Waals surface area contributed by atoms with Crippen LogP contribution in [0.2, 0.25) is 0 Å². The molecule has 0 amide bonds. The fourth-order valence-corrected chi connectivity index (χ4v) is 2.50. The number of nitrogens with zero attached hydrogens (tertiary/aromatic N) is 1. The molecule has 0 unspecified atom stereocenters. The van der Waals surface area contributed by atoms with Gasteiger partial charge in [-0.05, 0) is 36.6 Å². The Morgan fingerprint density at radius 3 is 2.57 bits per heavy atom. The maximum atomic E-state index is 14.3. The molecule has 0 radical (unpaired) electrons. The van der Waals surface area contributed by atoms with Gasteiger partial charge in [-0.25, -0.2) is 8.78 Å². The van der Waals surface area contributed by atoms with E-state index in [-0.39, 0.29) is 5.69 Å². The molecule has 1 fully saturated rings. The van der Waals surface area contributed by atoms with Gasteiger partial charge < -0.3 is 15.0 Å². The molecule has 0 spiro atoms. The van der Waals surface area contributed by atoms with Crippen molar-refractivity contribution in [1.29, 1.82) is 0 Å². The van der Waals surface area contributed by atoms with Gasteiger partial charge in [0, 0.05) is 26.2 Å². The molecule has 0 bridgehead atoms. The molecule has 1 aliphatic heterocycles. The van der Waals surface area contributed by atoms with Gasteiger partial charge in [0.2, 0.25) is 0 Å². The van der Waals surface area contributed by atoms with Crippen LogP contribution in [0.5, 0.6) is 0 Å². The van der Waals surface area contributed by atoms with Crippen LogP contribution in [0.15, 0.2) is 12.1 Å². The van der Waals surface area contributed by atoms with Crippen LogP contribution >= 0.6 is 0 Å². The van der Waals surface area contributed by atoms with Gasteiger partial charge in [0.1, 0.15) is 17.3 Å². The quantitative estimate of drug-likeness (QED) is 0.904. The molecular formula is C16H24F2N2O. The van der Waals surface area contributed by atoms with Crippen molar-refractivity contribution >= 4 is 5.69 Å². The topological polar surface area (TPSA) is 24.5 Å². The Kier molecular flexibility index (Phi) is 5.94. The Morgan fingerprint density at radius 2 is 1.90 bits per heavy atom. The molecule has 1 aliphatic rings. The van der Waals surface area contributed by atoms with Crippen LogP contribution < -0.4 is 10.2 Å². The van der Waals surface area contributed by atoms with Crippen LogP contribution in [0.4, 0.5) is 14.5 Å². The van der Waals surface area contributed by atoms with Crippen molar-refractivity contribution in [2.75, 3.05) is 37.7 Å². The van der Waals surface area contributed by atoms with Crippen molar-refractivity contribution in [2.24, 2.45) is 5.92 Å². The summed E-state index contributed by atoms with van der Waals surface area (Å²) in [5.41, 5.74) is 0.716. The lowest BCUT2D eigenvalue weighted by Crippen LogP contribution is -2.28. The monoisotopic (exact) mass is 298 g/mol. The molecule has 118 valence electrons.